The number of hydrogen-bond acceptors (Lipinski definition) is 2. The van der Waals surface area contributed by atoms with Crippen molar-refractivity contribution >= 4 is 5.52 Å². The Morgan fingerprint density at radius 1 is 1.21 bits per heavy atom. The molecule has 2 aromatic heterocycles. The zero-order chi connectivity index (χ0) is 13.2. The van der Waals surface area contributed by atoms with Crippen LogP contribution in [0.2, 0.25) is 0 Å². The molecule has 0 fully saturated rings. The molecule has 0 saturated heterocycles. The molecule has 0 spiro atoms. The van der Waals surface area contributed by atoms with Crippen LogP contribution in [0, 0.1) is 5.82 Å². The molecule has 0 bridgehead atoms. The third kappa shape index (κ3) is 2.35. The van der Waals surface area contributed by atoms with Crippen molar-refractivity contribution < 1.29 is 9.50 Å². The highest BCUT2D eigenvalue weighted by molar-refractivity contribution is 5.54. The van der Waals surface area contributed by atoms with Gasteiger partial charge in [-0.25, -0.2) is 8.91 Å². The van der Waals surface area contributed by atoms with Crippen molar-refractivity contribution in [2.45, 2.75) is 12.5 Å². The van der Waals surface area contributed by atoms with Gasteiger partial charge in [0, 0.05) is 18.2 Å². The Kier molecular flexibility index (Phi) is 3.01. The third-order valence-electron chi connectivity index (χ3n) is 3.13. The van der Waals surface area contributed by atoms with E-state index in [0.717, 1.165) is 16.6 Å². The normalized spacial score (nSPS) is 12.7. The first kappa shape index (κ1) is 11.9. The lowest BCUT2D eigenvalue weighted by molar-refractivity contribution is 0.180. The van der Waals surface area contributed by atoms with Gasteiger partial charge >= 0.3 is 0 Å². The van der Waals surface area contributed by atoms with Gasteiger partial charge in [0.05, 0.1) is 17.8 Å². The zero-order valence-electron chi connectivity index (χ0n) is 10.2. The summed E-state index contributed by atoms with van der Waals surface area (Å²) in [5.74, 6) is -0.287. The molecular formula is C15H13FN2O. The first-order valence-electron chi connectivity index (χ1n) is 6.09. The van der Waals surface area contributed by atoms with Gasteiger partial charge in [0.15, 0.2) is 0 Å². The Morgan fingerprint density at radius 3 is 2.95 bits per heavy atom. The maximum Gasteiger partial charge on any atom is 0.123 e. The minimum atomic E-state index is -0.693. The molecule has 0 aliphatic carbocycles. The van der Waals surface area contributed by atoms with Gasteiger partial charge in [-0.1, -0.05) is 18.2 Å². The molecule has 0 amide bonds. The number of halogens is 1. The predicted molar refractivity (Wildman–Crippen MR) is 70.3 cm³/mol. The van der Waals surface area contributed by atoms with Crippen LogP contribution in [0.25, 0.3) is 5.52 Å². The summed E-state index contributed by atoms with van der Waals surface area (Å²) in [6.07, 6.45) is 3.16. The minimum absolute atomic E-state index is 0.287. The Balaban J connectivity index is 1.90. The largest absolute Gasteiger partial charge is 0.388 e. The highest BCUT2D eigenvalue weighted by Crippen LogP contribution is 2.22. The fourth-order valence-electron chi connectivity index (χ4n) is 2.21. The number of rotatable bonds is 3. The average Bonchev–Trinajstić information content (AvgIpc) is 2.82. The van der Waals surface area contributed by atoms with Crippen molar-refractivity contribution in [3.63, 3.8) is 0 Å². The lowest BCUT2D eigenvalue weighted by atomic mass is 10.0. The summed E-state index contributed by atoms with van der Waals surface area (Å²) >= 11 is 0. The average molecular weight is 256 g/mol. The summed E-state index contributed by atoms with van der Waals surface area (Å²) in [5, 5.41) is 14.5. The lowest BCUT2D eigenvalue weighted by Gasteiger charge is -2.09. The van der Waals surface area contributed by atoms with E-state index < -0.39 is 6.10 Å². The van der Waals surface area contributed by atoms with Gasteiger partial charge in [-0.2, -0.15) is 5.10 Å². The number of aromatic nitrogens is 2. The van der Waals surface area contributed by atoms with Crippen LogP contribution >= 0.6 is 0 Å². The first-order chi connectivity index (χ1) is 9.24. The number of fused-ring (bicyclic) bond motifs is 1. The Morgan fingerprint density at radius 2 is 2.11 bits per heavy atom. The van der Waals surface area contributed by atoms with Gasteiger partial charge in [-0.05, 0) is 29.8 Å². The van der Waals surface area contributed by atoms with Crippen LogP contribution < -0.4 is 0 Å². The molecule has 3 nitrogen and oxygen atoms in total. The fourth-order valence-corrected chi connectivity index (χ4v) is 2.21. The summed E-state index contributed by atoms with van der Waals surface area (Å²) in [6, 6.07) is 12.0. The number of hydrogen-bond donors (Lipinski definition) is 1. The number of benzene rings is 1. The van der Waals surface area contributed by atoms with Crippen LogP contribution in [-0.4, -0.2) is 14.7 Å². The highest BCUT2D eigenvalue weighted by Gasteiger charge is 2.14. The van der Waals surface area contributed by atoms with Gasteiger partial charge in [0.25, 0.3) is 0 Å². The molecule has 0 radical (unpaired) electrons. The molecule has 0 aliphatic rings. The number of pyridine rings is 1. The SMILES string of the molecule is OC(Cc1cccc(F)c1)c1cnn2ccccc12. The fraction of sp³-hybridized carbons (Fsp3) is 0.133. The predicted octanol–water partition coefficient (Wildman–Crippen LogP) is 2.75. The molecule has 4 heteroatoms. The van der Waals surface area contributed by atoms with E-state index in [1.807, 2.05) is 24.4 Å². The smallest absolute Gasteiger partial charge is 0.123 e. The number of aliphatic hydroxyl groups excluding tert-OH is 1. The third-order valence-corrected chi connectivity index (χ3v) is 3.13. The molecule has 0 saturated carbocycles. The van der Waals surface area contributed by atoms with Crippen molar-refractivity contribution in [2.24, 2.45) is 0 Å². The van der Waals surface area contributed by atoms with Crippen LogP contribution in [0.5, 0.6) is 0 Å². The van der Waals surface area contributed by atoms with Crippen LogP contribution in [-0.2, 0) is 6.42 Å². The van der Waals surface area contributed by atoms with Crippen molar-refractivity contribution in [1.82, 2.24) is 9.61 Å². The van der Waals surface area contributed by atoms with Crippen LogP contribution in [0.15, 0.2) is 54.9 Å². The van der Waals surface area contributed by atoms with Crippen molar-refractivity contribution in [3.8, 4) is 0 Å². The summed E-state index contributed by atoms with van der Waals surface area (Å²) < 4.78 is 14.8. The van der Waals surface area contributed by atoms with Gasteiger partial charge in [0.2, 0.25) is 0 Å². The van der Waals surface area contributed by atoms with E-state index in [9.17, 15) is 9.50 Å². The molecule has 1 N–H and O–H groups in total. The van der Waals surface area contributed by atoms with Gasteiger partial charge in [0.1, 0.15) is 5.82 Å². The minimum Gasteiger partial charge on any atom is -0.388 e. The zero-order valence-corrected chi connectivity index (χ0v) is 10.2. The van der Waals surface area contributed by atoms with E-state index in [-0.39, 0.29) is 5.82 Å². The summed E-state index contributed by atoms with van der Waals surface area (Å²) in [5.41, 5.74) is 2.39. The van der Waals surface area contributed by atoms with E-state index in [0.29, 0.717) is 6.42 Å². The maximum absolute atomic E-state index is 13.1. The van der Waals surface area contributed by atoms with E-state index >= 15 is 0 Å². The second kappa shape index (κ2) is 4.82. The molecule has 3 rings (SSSR count). The maximum atomic E-state index is 13.1. The van der Waals surface area contributed by atoms with Crippen molar-refractivity contribution in [2.75, 3.05) is 0 Å². The monoisotopic (exact) mass is 256 g/mol. The van der Waals surface area contributed by atoms with E-state index in [2.05, 4.69) is 5.10 Å². The van der Waals surface area contributed by atoms with Crippen LogP contribution in [0.3, 0.4) is 0 Å². The second-order valence-corrected chi connectivity index (χ2v) is 4.48. The van der Waals surface area contributed by atoms with Gasteiger partial charge in [-0.15, -0.1) is 0 Å². The van der Waals surface area contributed by atoms with E-state index in [1.54, 1.807) is 22.8 Å². The Hall–Kier alpha value is -2.20. The standard InChI is InChI=1S/C15H13FN2O/c16-12-5-3-4-11(8-12)9-15(19)13-10-17-18-7-2-1-6-14(13)18/h1-8,10,15,19H,9H2. The van der Waals surface area contributed by atoms with E-state index in [1.165, 1.54) is 12.1 Å². The summed E-state index contributed by atoms with van der Waals surface area (Å²) in [4.78, 5) is 0. The highest BCUT2D eigenvalue weighted by atomic mass is 19.1. The number of aliphatic hydroxyl groups is 1. The molecule has 0 aliphatic heterocycles. The van der Waals surface area contributed by atoms with Crippen LogP contribution in [0.4, 0.5) is 4.39 Å². The van der Waals surface area contributed by atoms with Gasteiger partial charge < -0.3 is 5.11 Å². The van der Waals surface area contributed by atoms with Crippen molar-refractivity contribution in [3.05, 3.63) is 71.8 Å². The molecule has 19 heavy (non-hydrogen) atoms. The Bertz CT molecular complexity index is 708. The molecule has 1 aromatic carbocycles. The second-order valence-electron chi connectivity index (χ2n) is 4.48. The quantitative estimate of drug-likeness (QED) is 0.782. The molecule has 1 atom stereocenters. The summed E-state index contributed by atoms with van der Waals surface area (Å²) in [6.45, 7) is 0. The lowest BCUT2D eigenvalue weighted by Crippen LogP contribution is -2.01. The van der Waals surface area contributed by atoms with Crippen molar-refractivity contribution in [1.29, 1.82) is 0 Å². The molecule has 3 aromatic rings. The van der Waals surface area contributed by atoms with Crippen LogP contribution in [0.1, 0.15) is 17.2 Å². The van der Waals surface area contributed by atoms with E-state index in [4.69, 9.17) is 0 Å². The molecule has 96 valence electrons. The molecular weight excluding hydrogens is 243 g/mol. The van der Waals surface area contributed by atoms with Gasteiger partial charge in [-0.3, -0.25) is 0 Å². The molecule has 1 unspecified atom stereocenters. The molecule has 2 heterocycles. The summed E-state index contributed by atoms with van der Waals surface area (Å²) in [7, 11) is 0. The first-order valence-corrected chi connectivity index (χ1v) is 6.09. The Labute approximate surface area is 109 Å². The number of nitrogens with zero attached hydrogens (tertiary/aromatic N) is 2. The topological polar surface area (TPSA) is 37.5 Å².